The van der Waals surface area contributed by atoms with Gasteiger partial charge in [0.1, 0.15) is 11.5 Å². The minimum atomic E-state index is 0.167. The van der Waals surface area contributed by atoms with E-state index in [2.05, 4.69) is 46.4 Å². The molecule has 6 heteroatoms. The van der Waals surface area contributed by atoms with E-state index < -0.39 is 0 Å². The van der Waals surface area contributed by atoms with Gasteiger partial charge in [-0.25, -0.2) is 9.97 Å². The van der Waals surface area contributed by atoms with Crippen molar-refractivity contribution in [2.75, 3.05) is 0 Å². The topological polar surface area (TPSA) is 97.8 Å². The van der Waals surface area contributed by atoms with Crippen LogP contribution in [0.2, 0.25) is 0 Å². The quantitative estimate of drug-likeness (QED) is 0.153. The van der Waals surface area contributed by atoms with Crippen molar-refractivity contribution in [2.24, 2.45) is 0 Å². The highest BCUT2D eigenvalue weighted by Crippen LogP contribution is 2.41. The Kier molecular flexibility index (Phi) is 6.99. The molecule has 0 amide bonds. The Morgan fingerprint density at radius 1 is 0.340 bits per heavy atom. The number of hydrogen-bond donors (Lipinski definition) is 4. The monoisotopic (exact) mass is 646 g/mol. The number of rotatable bonds is 4. The van der Waals surface area contributed by atoms with Gasteiger partial charge in [-0.05, 0) is 71.8 Å². The summed E-state index contributed by atoms with van der Waals surface area (Å²) in [5, 5.41) is 22.3. The van der Waals surface area contributed by atoms with Crippen molar-refractivity contribution in [1.82, 2.24) is 19.9 Å². The number of aromatic hydroxyl groups is 2. The van der Waals surface area contributed by atoms with Gasteiger partial charge in [0.2, 0.25) is 0 Å². The summed E-state index contributed by atoms with van der Waals surface area (Å²) in [7, 11) is 0. The lowest BCUT2D eigenvalue weighted by Gasteiger charge is -2.08. The molecule has 9 rings (SSSR count). The molecule has 3 aromatic heterocycles. The highest BCUT2D eigenvalue weighted by atomic mass is 16.3. The molecule has 4 aromatic carbocycles. The van der Waals surface area contributed by atoms with Crippen molar-refractivity contribution in [3.05, 3.63) is 156 Å². The summed E-state index contributed by atoms with van der Waals surface area (Å²) < 4.78 is 0. The third-order valence-corrected chi connectivity index (χ3v) is 9.23. The SMILES string of the molecule is Oc1ccccc1-c1c2nc(c(-c3ccccc3)c3ccc([nH]3)c(-c3ccccc3O)c3nc(c(-c4ccccc4)c4ccc1[nH]4)C=C3)C=C2. The highest BCUT2D eigenvalue weighted by Gasteiger charge is 2.20. The van der Waals surface area contributed by atoms with Gasteiger partial charge in [0.15, 0.2) is 0 Å². The summed E-state index contributed by atoms with van der Waals surface area (Å²) in [5.41, 5.74) is 13.1. The fourth-order valence-electron chi connectivity index (χ4n) is 6.96. The summed E-state index contributed by atoms with van der Waals surface area (Å²) in [4.78, 5) is 17.9. The van der Waals surface area contributed by atoms with Crippen LogP contribution in [0.4, 0.5) is 0 Å². The van der Waals surface area contributed by atoms with Crippen LogP contribution in [-0.4, -0.2) is 30.1 Å². The number of hydrogen-bond acceptors (Lipinski definition) is 4. The Labute approximate surface area is 288 Å². The van der Waals surface area contributed by atoms with Crippen LogP contribution in [0.15, 0.2) is 133 Å². The number of H-pyrrole nitrogens is 2. The van der Waals surface area contributed by atoms with E-state index in [1.165, 1.54) is 0 Å². The molecule has 5 heterocycles. The molecule has 50 heavy (non-hydrogen) atoms. The maximum atomic E-state index is 11.2. The van der Waals surface area contributed by atoms with Gasteiger partial charge in [-0.15, -0.1) is 0 Å². The van der Waals surface area contributed by atoms with Gasteiger partial charge in [0.05, 0.1) is 22.8 Å². The lowest BCUT2D eigenvalue weighted by atomic mass is 10.0. The van der Waals surface area contributed by atoms with Crippen LogP contribution in [0.25, 0.3) is 90.9 Å². The lowest BCUT2D eigenvalue weighted by Crippen LogP contribution is -1.90. The number of phenols is 2. The summed E-state index contributed by atoms with van der Waals surface area (Å²) in [6.45, 7) is 0. The molecular weight excluding hydrogens is 617 g/mol. The van der Waals surface area contributed by atoms with Gasteiger partial charge in [-0.3, -0.25) is 0 Å². The number of nitrogens with one attached hydrogen (secondary N) is 2. The van der Waals surface area contributed by atoms with Crippen LogP contribution in [-0.2, 0) is 0 Å². The zero-order valence-electron chi connectivity index (χ0n) is 26.8. The van der Waals surface area contributed by atoms with Gasteiger partial charge in [0.25, 0.3) is 0 Å². The van der Waals surface area contributed by atoms with E-state index in [9.17, 15) is 10.2 Å². The Balaban J connectivity index is 1.50. The first-order valence-corrected chi connectivity index (χ1v) is 16.5. The molecule has 238 valence electrons. The Hall–Kier alpha value is -6.92. The molecule has 0 saturated heterocycles. The molecule has 0 radical (unpaired) electrons. The molecule has 2 aliphatic rings. The molecule has 0 fully saturated rings. The largest absolute Gasteiger partial charge is 0.507 e. The van der Waals surface area contributed by atoms with Crippen molar-refractivity contribution < 1.29 is 10.2 Å². The molecule has 0 saturated carbocycles. The zero-order chi connectivity index (χ0) is 33.6. The Bertz CT molecular complexity index is 2480. The molecule has 6 nitrogen and oxygen atoms in total. The van der Waals surface area contributed by atoms with E-state index in [0.717, 1.165) is 78.2 Å². The smallest absolute Gasteiger partial charge is 0.123 e. The summed E-state index contributed by atoms with van der Waals surface area (Å²) in [6, 6.07) is 43.3. The van der Waals surface area contributed by atoms with Crippen LogP contribution in [0, 0.1) is 0 Å². The van der Waals surface area contributed by atoms with E-state index in [-0.39, 0.29) is 11.5 Å². The number of para-hydroxylation sites is 2. The maximum Gasteiger partial charge on any atom is 0.123 e. The second-order valence-electron chi connectivity index (χ2n) is 12.3. The zero-order valence-corrected chi connectivity index (χ0v) is 26.8. The molecule has 2 aliphatic heterocycles. The van der Waals surface area contributed by atoms with E-state index in [0.29, 0.717) is 11.1 Å². The number of fused-ring (bicyclic) bond motifs is 8. The molecule has 0 spiro atoms. The Morgan fingerprint density at radius 3 is 1.04 bits per heavy atom. The van der Waals surface area contributed by atoms with Crippen LogP contribution < -0.4 is 0 Å². The average Bonchev–Trinajstić information content (AvgIpc) is 3.98. The van der Waals surface area contributed by atoms with E-state index >= 15 is 0 Å². The average molecular weight is 647 g/mol. The third kappa shape index (κ3) is 4.98. The van der Waals surface area contributed by atoms with Crippen LogP contribution in [0.3, 0.4) is 0 Å². The molecule has 4 N–H and O–H groups in total. The fraction of sp³-hybridized carbons (Fsp3) is 0. The lowest BCUT2D eigenvalue weighted by molar-refractivity contribution is 0.477. The molecule has 0 unspecified atom stereocenters. The maximum absolute atomic E-state index is 11.2. The molecule has 7 aromatic rings. The molecular formula is C44H30N4O2. The molecule has 0 atom stereocenters. The second-order valence-corrected chi connectivity index (χ2v) is 12.3. The fourth-order valence-corrected chi connectivity index (χ4v) is 6.96. The van der Waals surface area contributed by atoms with Crippen molar-refractivity contribution in [3.63, 3.8) is 0 Å². The minimum Gasteiger partial charge on any atom is -0.507 e. The van der Waals surface area contributed by atoms with Crippen LogP contribution in [0.5, 0.6) is 11.5 Å². The number of benzene rings is 4. The van der Waals surface area contributed by atoms with Crippen LogP contribution >= 0.6 is 0 Å². The predicted octanol–water partition coefficient (Wildman–Crippen LogP) is 10.7. The van der Waals surface area contributed by atoms with Gasteiger partial charge in [-0.2, -0.15) is 0 Å². The van der Waals surface area contributed by atoms with Gasteiger partial charge >= 0.3 is 0 Å². The number of aromatic nitrogens is 4. The molecule has 8 bridgehead atoms. The standard InChI is InChI=1S/C44H30N4O2/c49-39-17-9-7-15-29(39)43-35-23-19-31(45-35)41(27-11-3-1-4-12-27)32-20-24-36(46-32)44(30-16-8-10-18-40(30)50)38-26-22-34(48-38)42(28-13-5-2-6-14-28)33-21-25-37(43)47-33/h1-26,45,48-50H. The van der Waals surface area contributed by atoms with E-state index in [1.807, 2.05) is 109 Å². The first-order chi connectivity index (χ1) is 24.6. The molecule has 0 aliphatic carbocycles. The van der Waals surface area contributed by atoms with Gasteiger partial charge in [0, 0.05) is 55.4 Å². The number of aromatic amines is 2. The van der Waals surface area contributed by atoms with Crippen molar-refractivity contribution >= 4 is 46.4 Å². The summed E-state index contributed by atoms with van der Waals surface area (Å²) in [6.07, 6.45) is 8.07. The van der Waals surface area contributed by atoms with Crippen molar-refractivity contribution in [1.29, 1.82) is 0 Å². The minimum absolute atomic E-state index is 0.167. The van der Waals surface area contributed by atoms with E-state index in [1.54, 1.807) is 12.1 Å². The van der Waals surface area contributed by atoms with Gasteiger partial charge < -0.3 is 20.2 Å². The number of phenolic OH excluding ortho intramolecular Hbond substituents is 2. The van der Waals surface area contributed by atoms with Crippen molar-refractivity contribution in [2.45, 2.75) is 0 Å². The first-order valence-electron chi connectivity index (χ1n) is 16.5. The first kappa shape index (κ1) is 29.2. The summed E-state index contributed by atoms with van der Waals surface area (Å²) >= 11 is 0. The Morgan fingerprint density at radius 2 is 0.660 bits per heavy atom. The number of nitrogens with zero attached hydrogens (tertiary/aromatic N) is 2. The van der Waals surface area contributed by atoms with Crippen LogP contribution in [0.1, 0.15) is 22.8 Å². The third-order valence-electron chi connectivity index (χ3n) is 9.23. The highest BCUT2D eigenvalue weighted by molar-refractivity contribution is 6.00. The predicted molar refractivity (Wildman–Crippen MR) is 204 cm³/mol. The van der Waals surface area contributed by atoms with Crippen molar-refractivity contribution in [3.8, 4) is 56.0 Å². The second kappa shape index (κ2) is 12.0. The summed E-state index contributed by atoms with van der Waals surface area (Å²) in [5.74, 6) is 0.335. The van der Waals surface area contributed by atoms with Gasteiger partial charge in [-0.1, -0.05) is 97.1 Å². The normalized spacial score (nSPS) is 12.0. The van der Waals surface area contributed by atoms with E-state index in [4.69, 9.17) is 9.97 Å².